The van der Waals surface area contributed by atoms with Crippen molar-refractivity contribution in [2.45, 2.75) is 110 Å². The van der Waals surface area contributed by atoms with E-state index in [0.717, 1.165) is 36.3 Å². The Labute approximate surface area is 181 Å². The standard InChI is InChI=1S/C26H41NO3/c1-23(2,28)22-14-21(27-30-22)20-9-8-18-17-7-6-16-15-24(3,29)12-13-25(16,4)19(17)10-11-26(18,20)5/h14,16-20,28-29H,6-13,15H2,1-5H3/t16?,17-,18-,19+,20?,24?,25-,26-/m0/s1. The van der Waals surface area contributed by atoms with Gasteiger partial charge in [-0.3, -0.25) is 0 Å². The minimum absolute atomic E-state index is 0.290. The normalized spacial score (nSPS) is 48.7. The van der Waals surface area contributed by atoms with Crippen LogP contribution in [0.3, 0.4) is 0 Å². The van der Waals surface area contributed by atoms with E-state index in [2.05, 4.69) is 25.9 Å². The van der Waals surface area contributed by atoms with Gasteiger partial charge in [0.05, 0.1) is 11.3 Å². The molecule has 1 heterocycles. The predicted molar refractivity (Wildman–Crippen MR) is 117 cm³/mol. The smallest absolute Gasteiger partial charge is 0.167 e. The van der Waals surface area contributed by atoms with E-state index in [0.29, 0.717) is 23.0 Å². The van der Waals surface area contributed by atoms with Crippen molar-refractivity contribution in [3.63, 3.8) is 0 Å². The van der Waals surface area contributed by atoms with E-state index in [1.807, 2.05) is 6.07 Å². The average Bonchev–Trinajstić information content (AvgIpc) is 3.26. The van der Waals surface area contributed by atoms with Crippen molar-refractivity contribution in [3.8, 4) is 0 Å². The van der Waals surface area contributed by atoms with E-state index in [1.165, 1.54) is 44.9 Å². The highest BCUT2D eigenvalue weighted by Crippen LogP contribution is 2.69. The minimum Gasteiger partial charge on any atom is -0.390 e. The van der Waals surface area contributed by atoms with Crippen molar-refractivity contribution in [1.29, 1.82) is 0 Å². The molecule has 4 fully saturated rings. The number of rotatable bonds is 2. The Morgan fingerprint density at radius 2 is 1.70 bits per heavy atom. The van der Waals surface area contributed by atoms with Crippen LogP contribution < -0.4 is 0 Å². The Morgan fingerprint density at radius 1 is 0.967 bits per heavy atom. The third-order valence-electron chi connectivity index (χ3n) is 10.4. The van der Waals surface area contributed by atoms with Gasteiger partial charge in [-0.1, -0.05) is 19.0 Å². The molecule has 30 heavy (non-hydrogen) atoms. The molecular weight excluding hydrogens is 374 g/mol. The van der Waals surface area contributed by atoms with Gasteiger partial charge in [0, 0.05) is 12.0 Å². The van der Waals surface area contributed by atoms with Gasteiger partial charge in [-0.05, 0) is 113 Å². The van der Waals surface area contributed by atoms with Gasteiger partial charge < -0.3 is 14.7 Å². The van der Waals surface area contributed by atoms with Crippen LogP contribution in [0.1, 0.15) is 110 Å². The topological polar surface area (TPSA) is 66.5 Å². The predicted octanol–water partition coefficient (Wildman–Crippen LogP) is 5.78. The van der Waals surface area contributed by atoms with E-state index in [4.69, 9.17) is 4.52 Å². The average molecular weight is 416 g/mol. The first kappa shape index (κ1) is 21.0. The number of hydrogen-bond acceptors (Lipinski definition) is 4. The van der Waals surface area contributed by atoms with Crippen molar-refractivity contribution in [2.75, 3.05) is 0 Å². The Bertz CT molecular complexity index is 807. The van der Waals surface area contributed by atoms with Gasteiger partial charge in [-0.15, -0.1) is 0 Å². The van der Waals surface area contributed by atoms with E-state index >= 15 is 0 Å². The maximum Gasteiger partial charge on any atom is 0.167 e. The van der Waals surface area contributed by atoms with Crippen LogP contribution in [0.2, 0.25) is 0 Å². The van der Waals surface area contributed by atoms with Gasteiger partial charge in [0.2, 0.25) is 0 Å². The zero-order valence-corrected chi connectivity index (χ0v) is 19.6. The van der Waals surface area contributed by atoms with Gasteiger partial charge in [-0.25, -0.2) is 0 Å². The minimum atomic E-state index is -0.975. The van der Waals surface area contributed by atoms with Crippen LogP contribution in [0.15, 0.2) is 10.6 Å². The maximum atomic E-state index is 10.7. The highest BCUT2D eigenvalue weighted by Gasteiger charge is 2.61. The summed E-state index contributed by atoms with van der Waals surface area (Å²) in [6, 6.07) is 2.02. The van der Waals surface area contributed by atoms with Gasteiger partial charge in [-0.2, -0.15) is 0 Å². The molecule has 1 aromatic rings. The van der Waals surface area contributed by atoms with Crippen LogP contribution in [0.5, 0.6) is 0 Å². The lowest BCUT2D eigenvalue weighted by atomic mass is 9.44. The fourth-order valence-corrected chi connectivity index (χ4v) is 8.66. The molecule has 0 amide bonds. The molecule has 4 nitrogen and oxygen atoms in total. The second-order valence-corrected chi connectivity index (χ2v) is 12.7. The fraction of sp³-hybridized carbons (Fsp3) is 0.885. The van der Waals surface area contributed by atoms with Crippen molar-refractivity contribution < 1.29 is 14.7 Å². The van der Waals surface area contributed by atoms with Crippen LogP contribution >= 0.6 is 0 Å². The zero-order valence-electron chi connectivity index (χ0n) is 19.6. The van der Waals surface area contributed by atoms with Gasteiger partial charge in [0.15, 0.2) is 5.76 Å². The Balaban J connectivity index is 1.40. The molecule has 0 saturated heterocycles. The Hall–Kier alpha value is -0.870. The van der Waals surface area contributed by atoms with Crippen LogP contribution in [0.4, 0.5) is 0 Å². The summed E-state index contributed by atoms with van der Waals surface area (Å²) in [5.41, 5.74) is 0.329. The quantitative estimate of drug-likeness (QED) is 0.642. The van der Waals surface area contributed by atoms with Gasteiger partial charge in [0.25, 0.3) is 0 Å². The molecule has 0 radical (unpaired) electrons. The SMILES string of the molecule is CC1(O)CC[C@@]2(C)C(CC[C@@H]3[C@H]2CC[C@]2(C)C(c4cc(C(C)(C)O)on4)CC[C@@H]32)C1. The molecular formula is C26H41NO3. The van der Waals surface area contributed by atoms with Crippen LogP contribution in [0.25, 0.3) is 0 Å². The number of fused-ring (bicyclic) bond motifs is 5. The number of hydrogen-bond donors (Lipinski definition) is 2. The Morgan fingerprint density at radius 3 is 2.40 bits per heavy atom. The maximum absolute atomic E-state index is 10.7. The second-order valence-electron chi connectivity index (χ2n) is 12.7. The van der Waals surface area contributed by atoms with Gasteiger partial charge >= 0.3 is 0 Å². The molecule has 0 aromatic carbocycles. The lowest BCUT2D eigenvalue weighted by Gasteiger charge is -2.61. The summed E-state index contributed by atoms with van der Waals surface area (Å²) in [4.78, 5) is 0. The molecule has 0 bridgehead atoms. The lowest BCUT2D eigenvalue weighted by Crippen LogP contribution is -2.55. The molecule has 4 aliphatic rings. The molecule has 2 N–H and O–H groups in total. The molecule has 3 unspecified atom stereocenters. The fourth-order valence-electron chi connectivity index (χ4n) is 8.66. The third-order valence-corrected chi connectivity index (χ3v) is 10.4. The summed E-state index contributed by atoms with van der Waals surface area (Å²) in [5.74, 6) is 4.12. The summed E-state index contributed by atoms with van der Waals surface area (Å²) < 4.78 is 5.56. The molecule has 4 aliphatic carbocycles. The first-order valence-corrected chi connectivity index (χ1v) is 12.4. The zero-order chi connectivity index (χ0) is 21.5. The molecule has 8 atom stereocenters. The van der Waals surface area contributed by atoms with Crippen LogP contribution in [-0.2, 0) is 5.60 Å². The molecule has 0 spiro atoms. The largest absolute Gasteiger partial charge is 0.390 e. The van der Waals surface area contributed by atoms with Crippen molar-refractivity contribution in [1.82, 2.24) is 5.16 Å². The molecule has 5 rings (SSSR count). The number of nitrogens with zero attached hydrogens (tertiary/aromatic N) is 1. The van der Waals surface area contributed by atoms with Crippen molar-refractivity contribution >= 4 is 0 Å². The highest BCUT2D eigenvalue weighted by atomic mass is 16.5. The monoisotopic (exact) mass is 415 g/mol. The van der Waals surface area contributed by atoms with Crippen LogP contribution in [0, 0.1) is 34.5 Å². The van der Waals surface area contributed by atoms with E-state index in [-0.39, 0.29) is 5.41 Å². The molecule has 168 valence electrons. The van der Waals surface area contributed by atoms with Crippen molar-refractivity contribution in [2.24, 2.45) is 34.5 Å². The van der Waals surface area contributed by atoms with Crippen LogP contribution in [-0.4, -0.2) is 21.0 Å². The van der Waals surface area contributed by atoms with E-state index in [9.17, 15) is 10.2 Å². The summed E-state index contributed by atoms with van der Waals surface area (Å²) in [6.07, 6.45) is 10.9. The van der Waals surface area contributed by atoms with Crippen molar-refractivity contribution in [3.05, 3.63) is 17.5 Å². The van der Waals surface area contributed by atoms with E-state index in [1.54, 1.807) is 13.8 Å². The third kappa shape index (κ3) is 3.03. The highest BCUT2D eigenvalue weighted by molar-refractivity contribution is 5.22. The van der Waals surface area contributed by atoms with Gasteiger partial charge in [0.1, 0.15) is 5.60 Å². The molecule has 4 saturated carbocycles. The first-order valence-electron chi connectivity index (χ1n) is 12.4. The molecule has 4 heteroatoms. The first-order chi connectivity index (χ1) is 13.9. The summed E-state index contributed by atoms with van der Waals surface area (Å²) in [5, 5.41) is 25.5. The number of aromatic nitrogens is 1. The lowest BCUT2D eigenvalue weighted by molar-refractivity contribution is -0.143. The summed E-state index contributed by atoms with van der Waals surface area (Å²) >= 11 is 0. The summed E-state index contributed by atoms with van der Waals surface area (Å²) in [7, 11) is 0. The number of aliphatic hydroxyl groups is 2. The summed E-state index contributed by atoms with van der Waals surface area (Å²) in [6.45, 7) is 10.7. The second kappa shape index (κ2) is 6.57. The molecule has 1 aromatic heterocycles. The van der Waals surface area contributed by atoms with E-state index < -0.39 is 11.2 Å². The Kier molecular flexibility index (Phi) is 4.60. The molecule has 0 aliphatic heterocycles.